The Morgan fingerprint density at radius 3 is 2.67 bits per heavy atom. The standard InChI is InChI=1S/C14H20BrN3/c1-18(9-10-4-2-3-5-10)13-7-6-11(14(16)17)8-12(13)15/h6-8,10H,2-5,9H2,1H3,(H3,16,17). The summed E-state index contributed by atoms with van der Waals surface area (Å²) in [6.07, 6.45) is 5.47. The molecule has 98 valence electrons. The van der Waals surface area contributed by atoms with Crippen LogP contribution in [0.15, 0.2) is 22.7 Å². The first-order valence-electron chi connectivity index (χ1n) is 6.43. The van der Waals surface area contributed by atoms with Crippen LogP contribution in [0, 0.1) is 11.3 Å². The number of halogens is 1. The lowest BCUT2D eigenvalue weighted by molar-refractivity contribution is 0.547. The number of amidine groups is 1. The molecule has 1 aliphatic carbocycles. The number of nitrogens with zero attached hydrogens (tertiary/aromatic N) is 1. The van der Waals surface area contributed by atoms with Gasteiger partial charge in [-0.3, -0.25) is 5.41 Å². The van der Waals surface area contributed by atoms with Crippen LogP contribution in [-0.4, -0.2) is 19.4 Å². The van der Waals surface area contributed by atoms with Crippen molar-refractivity contribution in [1.29, 1.82) is 5.41 Å². The van der Waals surface area contributed by atoms with E-state index in [1.54, 1.807) is 0 Å². The lowest BCUT2D eigenvalue weighted by atomic mass is 10.1. The van der Waals surface area contributed by atoms with E-state index >= 15 is 0 Å². The number of hydrogen-bond acceptors (Lipinski definition) is 2. The highest BCUT2D eigenvalue weighted by Gasteiger charge is 2.18. The van der Waals surface area contributed by atoms with Crippen LogP contribution < -0.4 is 10.6 Å². The molecule has 1 aromatic rings. The Kier molecular flexibility index (Phi) is 4.27. The zero-order valence-corrected chi connectivity index (χ0v) is 12.3. The minimum absolute atomic E-state index is 0.112. The highest BCUT2D eigenvalue weighted by molar-refractivity contribution is 9.10. The molecule has 0 radical (unpaired) electrons. The number of rotatable bonds is 4. The molecule has 0 amide bonds. The smallest absolute Gasteiger partial charge is 0.122 e. The molecule has 0 bridgehead atoms. The van der Waals surface area contributed by atoms with E-state index in [2.05, 4.69) is 27.9 Å². The van der Waals surface area contributed by atoms with E-state index in [9.17, 15) is 0 Å². The van der Waals surface area contributed by atoms with Crippen molar-refractivity contribution in [3.05, 3.63) is 28.2 Å². The van der Waals surface area contributed by atoms with E-state index in [0.717, 1.165) is 22.5 Å². The van der Waals surface area contributed by atoms with Crippen LogP contribution in [-0.2, 0) is 0 Å². The second kappa shape index (κ2) is 5.74. The summed E-state index contributed by atoms with van der Waals surface area (Å²) in [6.45, 7) is 1.11. The summed E-state index contributed by atoms with van der Waals surface area (Å²) in [6, 6.07) is 5.87. The number of benzene rings is 1. The first kappa shape index (κ1) is 13.4. The van der Waals surface area contributed by atoms with Crippen LogP contribution in [0.2, 0.25) is 0 Å². The Hall–Kier alpha value is -1.03. The van der Waals surface area contributed by atoms with Gasteiger partial charge in [-0.25, -0.2) is 0 Å². The number of nitrogen functional groups attached to an aromatic ring is 1. The van der Waals surface area contributed by atoms with Gasteiger partial charge in [0.25, 0.3) is 0 Å². The number of nitrogens with one attached hydrogen (secondary N) is 1. The molecule has 0 aromatic heterocycles. The zero-order chi connectivity index (χ0) is 13.1. The van der Waals surface area contributed by atoms with Crippen molar-refractivity contribution in [1.82, 2.24) is 0 Å². The average Bonchev–Trinajstić information content (AvgIpc) is 2.81. The highest BCUT2D eigenvalue weighted by Crippen LogP contribution is 2.30. The molecule has 4 heteroatoms. The molecule has 2 rings (SSSR count). The predicted molar refractivity (Wildman–Crippen MR) is 80.4 cm³/mol. The molecule has 18 heavy (non-hydrogen) atoms. The lowest BCUT2D eigenvalue weighted by Gasteiger charge is -2.24. The average molecular weight is 310 g/mol. The molecule has 0 atom stereocenters. The summed E-state index contributed by atoms with van der Waals surface area (Å²) in [7, 11) is 2.13. The second-order valence-electron chi connectivity index (χ2n) is 5.11. The molecule has 3 nitrogen and oxygen atoms in total. The molecule has 1 aliphatic rings. The molecule has 0 saturated heterocycles. The van der Waals surface area contributed by atoms with Gasteiger partial charge in [-0.15, -0.1) is 0 Å². The zero-order valence-electron chi connectivity index (χ0n) is 10.7. The second-order valence-corrected chi connectivity index (χ2v) is 5.97. The maximum Gasteiger partial charge on any atom is 0.122 e. The van der Waals surface area contributed by atoms with Crippen LogP contribution in [0.1, 0.15) is 31.2 Å². The van der Waals surface area contributed by atoms with Gasteiger partial charge in [0, 0.05) is 23.6 Å². The molecular formula is C14H20BrN3. The van der Waals surface area contributed by atoms with Crippen molar-refractivity contribution in [2.75, 3.05) is 18.5 Å². The van der Waals surface area contributed by atoms with Crippen LogP contribution in [0.5, 0.6) is 0 Å². The molecule has 0 heterocycles. The van der Waals surface area contributed by atoms with E-state index in [4.69, 9.17) is 11.1 Å². The van der Waals surface area contributed by atoms with Crippen molar-refractivity contribution in [3.8, 4) is 0 Å². The Labute approximate surface area is 117 Å². The summed E-state index contributed by atoms with van der Waals surface area (Å²) < 4.78 is 1.01. The summed E-state index contributed by atoms with van der Waals surface area (Å²) in [5.74, 6) is 0.940. The van der Waals surface area contributed by atoms with Crippen molar-refractivity contribution in [3.63, 3.8) is 0 Å². The third kappa shape index (κ3) is 3.05. The third-order valence-electron chi connectivity index (χ3n) is 3.68. The molecule has 0 aliphatic heterocycles. The van der Waals surface area contributed by atoms with E-state index in [1.165, 1.54) is 31.4 Å². The highest BCUT2D eigenvalue weighted by atomic mass is 79.9. The van der Waals surface area contributed by atoms with Gasteiger partial charge in [0.05, 0.1) is 5.69 Å². The van der Waals surface area contributed by atoms with Crippen molar-refractivity contribution < 1.29 is 0 Å². The molecule has 3 N–H and O–H groups in total. The van der Waals surface area contributed by atoms with Gasteiger partial charge in [-0.1, -0.05) is 12.8 Å². The summed E-state index contributed by atoms with van der Waals surface area (Å²) in [5.41, 5.74) is 7.43. The minimum Gasteiger partial charge on any atom is -0.384 e. The summed E-state index contributed by atoms with van der Waals surface area (Å²) in [4.78, 5) is 2.30. The minimum atomic E-state index is 0.112. The quantitative estimate of drug-likeness (QED) is 0.662. The summed E-state index contributed by atoms with van der Waals surface area (Å²) in [5, 5.41) is 7.43. The van der Waals surface area contributed by atoms with Crippen molar-refractivity contribution in [2.45, 2.75) is 25.7 Å². The SMILES string of the molecule is CN(CC1CCCC1)c1ccc(C(=N)N)cc1Br. The number of anilines is 1. The first-order chi connectivity index (χ1) is 8.58. The number of nitrogens with two attached hydrogens (primary N) is 1. The largest absolute Gasteiger partial charge is 0.384 e. The van der Waals surface area contributed by atoms with E-state index in [1.807, 2.05) is 18.2 Å². The van der Waals surface area contributed by atoms with Crippen molar-refractivity contribution in [2.24, 2.45) is 11.7 Å². The fraction of sp³-hybridized carbons (Fsp3) is 0.500. The van der Waals surface area contributed by atoms with E-state index < -0.39 is 0 Å². The van der Waals surface area contributed by atoms with Crippen LogP contribution >= 0.6 is 15.9 Å². The molecule has 1 saturated carbocycles. The molecule has 0 unspecified atom stereocenters. The van der Waals surface area contributed by atoms with Gasteiger partial charge in [0.15, 0.2) is 0 Å². The maximum atomic E-state index is 7.43. The van der Waals surface area contributed by atoms with Gasteiger partial charge >= 0.3 is 0 Å². The van der Waals surface area contributed by atoms with Gasteiger partial charge in [-0.05, 0) is 52.9 Å². The molecular weight excluding hydrogens is 290 g/mol. The summed E-state index contributed by atoms with van der Waals surface area (Å²) >= 11 is 3.57. The van der Waals surface area contributed by atoms with Gasteiger partial charge in [0.1, 0.15) is 5.84 Å². The Balaban J connectivity index is 2.09. The Bertz CT molecular complexity index is 439. The Morgan fingerprint density at radius 2 is 2.11 bits per heavy atom. The van der Waals surface area contributed by atoms with Gasteiger partial charge in [-0.2, -0.15) is 0 Å². The van der Waals surface area contributed by atoms with Gasteiger partial charge < -0.3 is 10.6 Å². The van der Waals surface area contributed by atoms with E-state index in [-0.39, 0.29) is 5.84 Å². The normalized spacial score (nSPS) is 15.9. The fourth-order valence-electron chi connectivity index (χ4n) is 2.66. The topological polar surface area (TPSA) is 53.1 Å². The maximum absolute atomic E-state index is 7.43. The molecule has 1 aromatic carbocycles. The number of hydrogen-bond donors (Lipinski definition) is 2. The van der Waals surface area contributed by atoms with Crippen molar-refractivity contribution >= 4 is 27.5 Å². The fourth-order valence-corrected chi connectivity index (χ4v) is 3.34. The third-order valence-corrected chi connectivity index (χ3v) is 4.31. The molecule has 1 fully saturated rings. The Morgan fingerprint density at radius 1 is 1.44 bits per heavy atom. The van der Waals surface area contributed by atoms with Gasteiger partial charge in [0.2, 0.25) is 0 Å². The molecule has 0 spiro atoms. The van der Waals surface area contributed by atoms with Crippen LogP contribution in [0.4, 0.5) is 5.69 Å². The lowest BCUT2D eigenvalue weighted by Crippen LogP contribution is -2.24. The predicted octanol–water partition coefficient (Wildman–Crippen LogP) is 3.36. The van der Waals surface area contributed by atoms with Crippen LogP contribution in [0.3, 0.4) is 0 Å². The van der Waals surface area contributed by atoms with E-state index in [0.29, 0.717) is 0 Å². The monoisotopic (exact) mass is 309 g/mol. The first-order valence-corrected chi connectivity index (χ1v) is 7.22. The van der Waals surface area contributed by atoms with Crippen LogP contribution in [0.25, 0.3) is 0 Å².